The van der Waals surface area contributed by atoms with Gasteiger partial charge < -0.3 is 19.9 Å². The van der Waals surface area contributed by atoms with Crippen LogP contribution in [0, 0.1) is 10.1 Å². The highest BCUT2D eigenvalue weighted by Gasteiger charge is 2.32. The molecule has 0 saturated carbocycles. The molecule has 13 heteroatoms. The van der Waals surface area contributed by atoms with Crippen LogP contribution in [-0.2, 0) is 9.59 Å². The summed E-state index contributed by atoms with van der Waals surface area (Å²) in [5, 5.41) is 29.8. The van der Waals surface area contributed by atoms with Crippen molar-refractivity contribution in [2.75, 3.05) is 14.2 Å². The van der Waals surface area contributed by atoms with Gasteiger partial charge in [-0.05, 0) is 24.3 Å². The van der Waals surface area contributed by atoms with Gasteiger partial charge in [0.2, 0.25) is 5.91 Å². The number of hydrogen-bond acceptors (Lipinski definition) is 10. The highest BCUT2D eigenvalue weighted by atomic mass is 32.2. The highest BCUT2D eigenvalue weighted by Crippen LogP contribution is 2.39. The third-order valence-corrected chi connectivity index (χ3v) is 6.48. The Bertz CT molecular complexity index is 1150. The molecule has 2 aromatic carbocycles. The van der Waals surface area contributed by atoms with Crippen molar-refractivity contribution >= 4 is 52.5 Å². The lowest BCUT2D eigenvalue weighted by Gasteiger charge is -2.11. The second-order valence-corrected chi connectivity index (χ2v) is 8.72. The zero-order valence-electron chi connectivity index (χ0n) is 17.4. The van der Waals surface area contributed by atoms with E-state index in [1.54, 1.807) is 31.4 Å². The third kappa shape index (κ3) is 6.23. The molecule has 1 saturated heterocycles. The van der Waals surface area contributed by atoms with Crippen LogP contribution in [0.5, 0.6) is 11.5 Å². The minimum absolute atomic E-state index is 0.129. The number of hydrogen-bond donors (Lipinski definition) is 2. The number of nitro groups is 1. The summed E-state index contributed by atoms with van der Waals surface area (Å²) in [5.41, 5.74) is 0.288. The second-order valence-electron chi connectivity index (χ2n) is 6.44. The standard InChI is InChI=1S/C20H18N4O7S2/c1-30-13-4-5-14(31-2)16(8-13)32-15-6-3-12(24(28)29)7-11(15)10-21-23-20-22-19(27)17(33-20)9-18(25)26/h3-8,10,17H,9H2,1-2H3,(H,25,26)(H,22,23,27). The maximum Gasteiger partial charge on any atom is 0.305 e. The number of carbonyl (C=O) groups is 2. The minimum atomic E-state index is -1.10. The molecule has 0 bridgehead atoms. The molecular weight excluding hydrogens is 472 g/mol. The Balaban J connectivity index is 1.88. The molecule has 33 heavy (non-hydrogen) atoms. The number of aliphatic carboxylic acids is 1. The number of non-ortho nitro benzene ring substituents is 1. The van der Waals surface area contributed by atoms with Crippen molar-refractivity contribution in [3.63, 3.8) is 0 Å². The van der Waals surface area contributed by atoms with Crippen LogP contribution in [0.4, 0.5) is 5.69 Å². The number of methoxy groups -OCH3 is 2. The molecule has 0 spiro atoms. The van der Waals surface area contributed by atoms with E-state index in [1.807, 2.05) is 0 Å². The molecule has 0 aromatic heterocycles. The van der Waals surface area contributed by atoms with E-state index < -0.39 is 22.0 Å². The molecule has 1 fully saturated rings. The number of carbonyl (C=O) groups excluding carboxylic acids is 1. The summed E-state index contributed by atoms with van der Waals surface area (Å²) in [6, 6.07) is 9.60. The normalized spacial score (nSPS) is 16.7. The Morgan fingerprint density at radius 1 is 1.27 bits per heavy atom. The number of ether oxygens (including phenoxy) is 2. The summed E-state index contributed by atoms with van der Waals surface area (Å²) in [5.74, 6) is -0.352. The predicted molar refractivity (Wildman–Crippen MR) is 124 cm³/mol. The van der Waals surface area contributed by atoms with Crippen LogP contribution >= 0.6 is 23.5 Å². The predicted octanol–water partition coefficient (Wildman–Crippen LogP) is 3.16. The monoisotopic (exact) mass is 490 g/mol. The van der Waals surface area contributed by atoms with Crippen molar-refractivity contribution < 1.29 is 29.1 Å². The SMILES string of the molecule is COc1ccc(OC)c(Sc2ccc([N+](=O)[O-])cc2C=NN=C2NC(=O)C(CC(=O)O)S2)c1. The lowest BCUT2D eigenvalue weighted by molar-refractivity contribution is -0.384. The van der Waals surface area contributed by atoms with E-state index in [0.717, 1.165) is 16.7 Å². The zero-order valence-corrected chi connectivity index (χ0v) is 19.0. The average molecular weight is 491 g/mol. The molecule has 2 aromatic rings. The molecule has 0 aliphatic carbocycles. The first-order chi connectivity index (χ1) is 15.8. The van der Waals surface area contributed by atoms with Gasteiger partial charge in [-0.25, -0.2) is 0 Å². The number of rotatable bonds is 9. The minimum Gasteiger partial charge on any atom is -0.497 e. The fourth-order valence-electron chi connectivity index (χ4n) is 2.71. The fraction of sp³-hybridized carbons (Fsp3) is 0.200. The smallest absolute Gasteiger partial charge is 0.305 e. The first-order valence-corrected chi connectivity index (χ1v) is 11.0. The second kappa shape index (κ2) is 10.8. The van der Waals surface area contributed by atoms with Gasteiger partial charge in [-0.2, -0.15) is 5.10 Å². The van der Waals surface area contributed by atoms with Crippen molar-refractivity contribution in [3.05, 3.63) is 52.1 Å². The zero-order chi connectivity index (χ0) is 24.0. The van der Waals surface area contributed by atoms with Gasteiger partial charge >= 0.3 is 5.97 Å². The van der Waals surface area contributed by atoms with E-state index >= 15 is 0 Å². The Labute approximate surface area is 196 Å². The number of benzene rings is 2. The molecule has 172 valence electrons. The van der Waals surface area contributed by atoms with Gasteiger partial charge in [0.1, 0.15) is 16.7 Å². The van der Waals surface area contributed by atoms with Crippen LogP contribution in [0.1, 0.15) is 12.0 Å². The van der Waals surface area contributed by atoms with E-state index in [0.29, 0.717) is 22.0 Å². The lowest BCUT2D eigenvalue weighted by atomic mass is 10.2. The summed E-state index contributed by atoms with van der Waals surface area (Å²) in [7, 11) is 3.07. The number of thioether (sulfide) groups is 1. The van der Waals surface area contributed by atoms with Crippen LogP contribution < -0.4 is 14.8 Å². The summed E-state index contributed by atoms with van der Waals surface area (Å²) in [4.78, 5) is 34.7. The first-order valence-electron chi connectivity index (χ1n) is 9.29. The number of amidine groups is 1. The third-order valence-electron chi connectivity index (χ3n) is 4.28. The summed E-state index contributed by atoms with van der Waals surface area (Å²) in [6.45, 7) is 0. The molecule has 1 unspecified atom stereocenters. The van der Waals surface area contributed by atoms with Crippen LogP contribution in [-0.4, -0.2) is 52.8 Å². The van der Waals surface area contributed by atoms with Crippen molar-refractivity contribution in [2.24, 2.45) is 10.2 Å². The molecule has 2 N–H and O–H groups in total. The average Bonchev–Trinajstić information content (AvgIpc) is 3.12. The van der Waals surface area contributed by atoms with Gasteiger partial charge in [-0.3, -0.25) is 19.7 Å². The van der Waals surface area contributed by atoms with Crippen LogP contribution in [0.15, 0.2) is 56.4 Å². The van der Waals surface area contributed by atoms with Crippen molar-refractivity contribution in [1.82, 2.24) is 5.32 Å². The molecule has 1 aliphatic heterocycles. The Kier molecular flexibility index (Phi) is 7.90. The fourth-order valence-corrected chi connectivity index (χ4v) is 4.66. The number of carboxylic acid groups (broad SMARTS) is 1. The maximum absolute atomic E-state index is 11.8. The van der Waals surface area contributed by atoms with Gasteiger partial charge in [0.25, 0.3) is 5.69 Å². The quantitative estimate of drug-likeness (QED) is 0.306. The van der Waals surface area contributed by atoms with E-state index in [2.05, 4.69) is 15.5 Å². The molecule has 1 aliphatic rings. The molecule has 1 atom stereocenters. The Hall–Kier alpha value is -3.58. The van der Waals surface area contributed by atoms with Gasteiger partial charge in [-0.15, -0.1) is 5.10 Å². The van der Waals surface area contributed by atoms with E-state index in [9.17, 15) is 19.7 Å². The van der Waals surface area contributed by atoms with Crippen LogP contribution in [0.25, 0.3) is 0 Å². The van der Waals surface area contributed by atoms with Crippen molar-refractivity contribution in [2.45, 2.75) is 21.5 Å². The maximum atomic E-state index is 11.8. The Morgan fingerprint density at radius 3 is 2.73 bits per heavy atom. The van der Waals surface area contributed by atoms with E-state index in [1.165, 1.54) is 37.2 Å². The molecular formula is C20H18N4O7S2. The topological polar surface area (TPSA) is 153 Å². The highest BCUT2D eigenvalue weighted by molar-refractivity contribution is 8.15. The van der Waals surface area contributed by atoms with Crippen LogP contribution in [0.2, 0.25) is 0 Å². The van der Waals surface area contributed by atoms with Crippen molar-refractivity contribution in [3.8, 4) is 11.5 Å². The van der Waals surface area contributed by atoms with Gasteiger partial charge in [-0.1, -0.05) is 23.5 Å². The number of amides is 1. The van der Waals surface area contributed by atoms with Gasteiger partial charge in [0.15, 0.2) is 5.17 Å². The number of carboxylic acids is 1. The summed E-state index contributed by atoms with van der Waals surface area (Å²) in [6.07, 6.45) is 0.986. The first kappa shape index (κ1) is 24.1. The molecule has 0 radical (unpaired) electrons. The molecule has 3 rings (SSSR count). The van der Waals surface area contributed by atoms with Crippen molar-refractivity contribution in [1.29, 1.82) is 0 Å². The Morgan fingerprint density at radius 2 is 2.06 bits per heavy atom. The number of nitrogens with zero attached hydrogens (tertiary/aromatic N) is 3. The summed E-state index contributed by atoms with van der Waals surface area (Å²) < 4.78 is 10.7. The van der Waals surface area contributed by atoms with Crippen LogP contribution in [0.3, 0.4) is 0 Å². The summed E-state index contributed by atoms with van der Waals surface area (Å²) >= 11 is 2.26. The number of nitro benzene ring substituents is 1. The van der Waals surface area contributed by atoms with Gasteiger partial charge in [0.05, 0.1) is 36.7 Å². The largest absolute Gasteiger partial charge is 0.497 e. The van der Waals surface area contributed by atoms with E-state index in [4.69, 9.17) is 14.6 Å². The van der Waals surface area contributed by atoms with E-state index in [-0.39, 0.29) is 17.3 Å². The molecule has 1 amide bonds. The van der Waals surface area contributed by atoms with Gasteiger partial charge in [0, 0.05) is 22.6 Å². The number of nitrogens with one attached hydrogen (secondary N) is 1. The molecule has 1 heterocycles. The lowest BCUT2D eigenvalue weighted by Crippen LogP contribution is -2.26. The molecule has 11 nitrogen and oxygen atoms in total.